The summed E-state index contributed by atoms with van der Waals surface area (Å²) in [4.78, 5) is 34.1. The van der Waals surface area contributed by atoms with Crippen LogP contribution in [0, 0.1) is 6.92 Å². The second-order valence-corrected chi connectivity index (χ2v) is 9.41. The van der Waals surface area contributed by atoms with E-state index in [1.54, 1.807) is 55.9 Å². The van der Waals surface area contributed by atoms with Crippen LogP contribution in [0.1, 0.15) is 45.5 Å². The number of carbonyl (C=O) groups is 2. The molecule has 0 spiro atoms. The lowest BCUT2D eigenvalue weighted by Crippen LogP contribution is -2.22. The van der Waals surface area contributed by atoms with E-state index in [1.165, 1.54) is 9.78 Å². The van der Waals surface area contributed by atoms with Gasteiger partial charge < -0.3 is 10.2 Å². The zero-order chi connectivity index (χ0) is 23.0. The van der Waals surface area contributed by atoms with Gasteiger partial charge in [-0.05, 0) is 57.2 Å². The number of amides is 2. The van der Waals surface area contributed by atoms with Crippen molar-refractivity contribution in [3.05, 3.63) is 64.7 Å². The van der Waals surface area contributed by atoms with Crippen molar-refractivity contribution < 1.29 is 9.59 Å². The predicted molar refractivity (Wildman–Crippen MR) is 128 cm³/mol. The number of aromatic nitrogens is 3. The van der Waals surface area contributed by atoms with Crippen molar-refractivity contribution in [1.82, 2.24) is 19.7 Å². The van der Waals surface area contributed by atoms with Crippen LogP contribution in [0.15, 0.2) is 48.7 Å². The van der Waals surface area contributed by atoms with Crippen LogP contribution < -0.4 is 5.32 Å². The fourth-order valence-corrected chi connectivity index (χ4v) is 4.30. The Labute approximate surface area is 190 Å². The Kier molecular flexibility index (Phi) is 5.80. The van der Waals surface area contributed by atoms with Gasteiger partial charge in [-0.1, -0.05) is 6.07 Å². The van der Waals surface area contributed by atoms with Crippen LogP contribution in [0.5, 0.6) is 0 Å². The molecule has 0 fully saturated rings. The molecule has 1 N–H and O–H groups in total. The molecule has 7 nitrogen and oxygen atoms in total. The highest BCUT2D eigenvalue weighted by Gasteiger charge is 2.20. The highest BCUT2D eigenvalue weighted by atomic mass is 32.1. The summed E-state index contributed by atoms with van der Waals surface area (Å²) in [6.07, 6.45) is 1.69. The second kappa shape index (κ2) is 8.55. The molecule has 3 heterocycles. The Morgan fingerprint density at radius 2 is 1.91 bits per heavy atom. The molecule has 0 aliphatic heterocycles. The average molecular weight is 448 g/mol. The lowest BCUT2D eigenvalue weighted by molar-refractivity contribution is 0.0827. The molecular formula is C24H25N5O2S. The molecule has 0 bridgehead atoms. The SMILES string of the molecule is Cc1ccc(-c2cc(C(=O)Nc3cccc(C(=O)N(C)C)c3)c3cnn(C(C)C)c3n2)s1. The molecule has 0 aliphatic rings. The number of nitrogens with zero attached hydrogens (tertiary/aromatic N) is 4. The van der Waals surface area contributed by atoms with Gasteiger partial charge in [-0.15, -0.1) is 11.3 Å². The highest BCUT2D eigenvalue weighted by molar-refractivity contribution is 7.15. The zero-order valence-corrected chi connectivity index (χ0v) is 19.5. The van der Waals surface area contributed by atoms with Crippen molar-refractivity contribution >= 4 is 39.9 Å². The number of nitrogens with one attached hydrogen (secondary N) is 1. The molecule has 164 valence electrons. The number of benzene rings is 1. The molecule has 1 aromatic carbocycles. The van der Waals surface area contributed by atoms with Gasteiger partial charge in [0.2, 0.25) is 0 Å². The normalized spacial score (nSPS) is 11.2. The lowest BCUT2D eigenvalue weighted by Gasteiger charge is -2.13. The summed E-state index contributed by atoms with van der Waals surface area (Å²) < 4.78 is 1.83. The molecule has 0 saturated carbocycles. The van der Waals surface area contributed by atoms with E-state index in [2.05, 4.69) is 10.4 Å². The number of hydrogen-bond acceptors (Lipinski definition) is 5. The molecule has 32 heavy (non-hydrogen) atoms. The molecule has 0 atom stereocenters. The molecular weight excluding hydrogens is 422 g/mol. The van der Waals surface area contributed by atoms with E-state index in [0.29, 0.717) is 27.8 Å². The lowest BCUT2D eigenvalue weighted by atomic mass is 10.1. The van der Waals surface area contributed by atoms with Crippen LogP contribution in [-0.2, 0) is 0 Å². The van der Waals surface area contributed by atoms with E-state index in [1.807, 2.05) is 43.7 Å². The summed E-state index contributed by atoms with van der Waals surface area (Å²) in [5.74, 6) is -0.398. The maximum absolute atomic E-state index is 13.3. The summed E-state index contributed by atoms with van der Waals surface area (Å²) in [5, 5.41) is 8.09. The minimum absolute atomic E-state index is 0.102. The van der Waals surface area contributed by atoms with Gasteiger partial charge in [0.05, 0.1) is 27.7 Å². The average Bonchev–Trinajstić information content (AvgIpc) is 3.38. The number of carbonyl (C=O) groups excluding carboxylic acids is 2. The third-order valence-electron chi connectivity index (χ3n) is 5.07. The van der Waals surface area contributed by atoms with Crippen LogP contribution in [0.2, 0.25) is 0 Å². The minimum atomic E-state index is -0.273. The van der Waals surface area contributed by atoms with E-state index in [-0.39, 0.29) is 17.9 Å². The first-order valence-corrected chi connectivity index (χ1v) is 11.1. The number of thiophene rings is 1. The van der Waals surface area contributed by atoms with Gasteiger partial charge in [0.25, 0.3) is 11.8 Å². The summed E-state index contributed by atoms with van der Waals surface area (Å²) in [5.41, 5.74) is 2.96. The van der Waals surface area contributed by atoms with Crippen molar-refractivity contribution in [3.8, 4) is 10.6 Å². The molecule has 2 amide bonds. The van der Waals surface area contributed by atoms with Gasteiger partial charge in [0, 0.05) is 36.3 Å². The topological polar surface area (TPSA) is 80.1 Å². The van der Waals surface area contributed by atoms with E-state index in [9.17, 15) is 9.59 Å². The number of anilines is 1. The smallest absolute Gasteiger partial charge is 0.256 e. The van der Waals surface area contributed by atoms with Crippen LogP contribution >= 0.6 is 11.3 Å². The molecule has 0 saturated heterocycles. The Morgan fingerprint density at radius 3 is 2.56 bits per heavy atom. The van der Waals surface area contributed by atoms with Gasteiger partial charge in [-0.2, -0.15) is 5.10 Å². The molecule has 0 unspecified atom stereocenters. The standard InChI is InChI=1S/C24H25N5O2S/c1-14(2)29-22-19(13-25-29)18(12-20(27-22)21-10-9-15(3)32-21)23(30)26-17-8-6-7-16(11-17)24(31)28(4)5/h6-14H,1-5H3,(H,26,30). The van der Waals surface area contributed by atoms with E-state index >= 15 is 0 Å². The predicted octanol–water partition coefficient (Wildman–Crippen LogP) is 5.00. The number of rotatable bonds is 5. The van der Waals surface area contributed by atoms with Gasteiger partial charge in [0.1, 0.15) is 0 Å². The Bertz CT molecular complexity index is 1320. The van der Waals surface area contributed by atoms with Crippen LogP contribution in [0.4, 0.5) is 5.69 Å². The quantitative estimate of drug-likeness (QED) is 0.467. The third kappa shape index (κ3) is 4.13. The number of fused-ring (bicyclic) bond motifs is 1. The van der Waals surface area contributed by atoms with Crippen molar-refractivity contribution in [2.75, 3.05) is 19.4 Å². The van der Waals surface area contributed by atoms with E-state index < -0.39 is 0 Å². The first kappa shape index (κ1) is 21.7. The Balaban J connectivity index is 1.77. The molecule has 4 rings (SSSR count). The Hall–Kier alpha value is -3.52. The first-order chi connectivity index (χ1) is 15.2. The van der Waals surface area contributed by atoms with Crippen LogP contribution in [0.3, 0.4) is 0 Å². The van der Waals surface area contributed by atoms with Crippen molar-refractivity contribution in [2.24, 2.45) is 0 Å². The summed E-state index contributed by atoms with van der Waals surface area (Å²) in [7, 11) is 3.39. The van der Waals surface area contributed by atoms with Gasteiger partial charge in [-0.25, -0.2) is 9.67 Å². The summed E-state index contributed by atoms with van der Waals surface area (Å²) in [6.45, 7) is 6.10. The number of pyridine rings is 1. The minimum Gasteiger partial charge on any atom is -0.345 e. The van der Waals surface area contributed by atoms with Crippen molar-refractivity contribution in [1.29, 1.82) is 0 Å². The summed E-state index contributed by atoms with van der Waals surface area (Å²) >= 11 is 1.63. The van der Waals surface area contributed by atoms with E-state index in [0.717, 1.165) is 10.6 Å². The fourth-order valence-electron chi connectivity index (χ4n) is 3.47. The molecule has 8 heteroatoms. The maximum atomic E-state index is 13.3. The van der Waals surface area contributed by atoms with Gasteiger partial charge in [-0.3, -0.25) is 9.59 Å². The first-order valence-electron chi connectivity index (χ1n) is 10.3. The number of hydrogen-bond donors (Lipinski definition) is 1. The van der Waals surface area contributed by atoms with Crippen molar-refractivity contribution in [3.63, 3.8) is 0 Å². The number of aryl methyl sites for hydroxylation is 1. The van der Waals surface area contributed by atoms with Gasteiger partial charge >= 0.3 is 0 Å². The second-order valence-electron chi connectivity index (χ2n) is 8.12. The van der Waals surface area contributed by atoms with Crippen LogP contribution in [0.25, 0.3) is 21.6 Å². The molecule has 4 aromatic rings. The Morgan fingerprint density at radius 1 is 1.12 bits per heavy atom. The monoisotopic (exact) mass is 447 g/mol. The van der Waals surface area contributed by atoms with E-state index in [4.69, 9.17) is 4.98 Å². The van der Waals surface area contributed by atoms with Gasteiger partial charge in [0.15, 0.2) is 5.65 Å². The van der Waals surface area contributed by atoms with Crippen LogP contribution in [-0.4, -0.2) is 45.6 Å². The molecule has 3 aromatic heterocycles. The molecule has 0 radical (unpaired) electrons. The maximum Gasteiger partial charge on any atom is 0.256 e. The molecule has 0 aliphatic carbocycles. The fraction of sp³-hybridized carbons (Fsp3) is 0.250. The zero-order valence-electron chi connectivity index (χ0n) is 18.7. The highest BCUT2D eigenvalue weighted by Crippen LogP contribution is 2.31. The van der Waals surface area contributed by atoms with Crippen molar-refractivity contribution in [2.45, 2.75) is 26.8 Å². The summed E-state index contributed by atoms with van der Waals surface area (Å²) in [6, 6.07) is 12.9. The largest absolute Gasteiger partial charge is 0.345 e. The third-order valence-corrected chi connectivity index (χ3v) is 6.09.